The summed E-state index contributed by atoms with van der Waals surface area (Å²) in [7, 11) is 0. The Labute approximate surface area is 193 Å². The molecular weight excluding hydrogens is 450 g/mol. The molecule has 0 aliphatic carbocycles. The number of fused-ring (bicyclic) bond motifs is 1. The Morgan fingerprint density at radius 1 is 1.00 bits per heavy atom. The molecule has 168 valence electrons. The second-order valence-electron chi connectivity index (χ2n) is 7.23. The average molecular weight is 468 g/mol. The first-order valence-corrected chi connectivity index (χ1v) is 10.3. The fourth-order valence-corrected chi connectivity index (χ4v) is 3.58. The number of para-hydroxylation sites is 1. The standard InChI is InChI=1S/C23H18ClN3O6/c1-13(14-6-9-20-21(10-14)33-12-32-20)25-23(29)17-4-2-3-5-19(17)26-22(28)16-8-7-15(27(30)31)11-18(16)24/h2-11,13H,12H2,1H3,(H,25,29)(H,26,28). The minimum Gasteiger partial charge on any atom is -0.454 e. The van der Waals surface area contributed by atoms with Gasteiger partial charge in [-0.2, -0.15) is 0 Å². The molecule has 1 aliphatic rings. The average Bonchev–Trinajstić information content (AvgIpc) is 3.27. The number of carbonyl (C=O) groups is 2. The summed E-state index contributed by atoms with van der Waals surface area (Å²) in [6.07, 6.45) is 0. The van der Waals surface area contributed by atoms with Crippen molar-refractivity contribution in [3.8, 4) is 11.5 Å². The van der Waals surface area contributed by atoms with E-state index in [0.29, 0.717) is 11.5 Å². The van der Waals surface area contributed by atoms with Crippen LogP contribution in [0, 0.1) is 10.1 Å². The number of ether oxygens (including phenoxy) is 2. The number of non-ortho nitro benzene ring substituents is 1. The molecule has 2 amide bonds. The maximum atomic E-state index is 13.0. The van der Waals surface area contributed by atoms with E-state index >= 15 is 0 Å². The van der Waals surface area contributed by atoms with Gasteiger partial charge in [0, 0.05) is 12.1 Å². The number of amides is 2. The highest BCUT2D eigenvalue weighted by atomic mass is 35.5. The molecule has 0 radical (unpaired) electrons. The van der Waals surface area contributed by atoms with Gasteiger partial charge in [-0.25, -0.2) is 0 Å². The molecule has 3 aromatic carbocycles. The molecule has 0 saturated heterocycles. The van der Waals surface area contributed by atoms with Crippen molar-refractivity contribution >= 4 is 34.8 Å². The van der Waals surface area contributed by atoms with E-state index in [1.54, 1.807) is 36.4 Å². The predicted molar refractivity (Wildman–Crippen MR) is 121 cm³/mol. The van der Waals surface area contributed by atoms with Gasteiger partial charge in [0.15, 0.2) is 11.5 Å². The van der Waals surface area contributed by atoms with Crippen LogP contribution in [0.15, 0.2) is 60.7 Å². The monoisotopic (exact) mass is 467 g/mol. The van der Waals surface area contributed by atoms with Crippen LogP contribution in [0.5, 0.6) is 11.5 Å². The highest BCUT2D eigenvalue weighted by molar-refractivity contribution is 6.34. The van der Waals surface area contributed by atoms with Gasteiger partial charge in [0.2, 0.25) is 6.79 Å². The smallest absolute Gasteiger partial charge is 0.270 e. The number of halogens is 1. The predicted octanol–water partition coefficient (Wildman–Crippen LogP) is 4.72. The molecule has 0 aromatic heterocycles. The summed E-state index contributed by atoms with van der Waals surface area (Å²) < 4.78 is 10.7. The Morgan fingerprint density at radius 3 is 2.52 bits per heavy atom. The topological polar surface area (TPSA) is 120 Å². The number of benzene rings is 3. The molecule has 1 aliphatic heterocycles. The number of nitrogens with one attached hydrogen (secondary N) is 2. The number of anilines is 1. The highest BCUT2D eigenvalue weighted by Crippen LogP contribution is 2.34. The lowest BCUT2D eigenvalue weighted by atomic mass is 10.1. The Kier molecular flexibility index (Phi) is 6.14. The SMILES string of the molecule is CC(NC(=O)c1ccccc1NC(=O)c1ccc([N+](=O)[O-])cc1Cl)c1ccc2c(c1)OCO2. The van der Waals surface area contributed by atoms with E-state index in [4.69, 9.17) is 21.1 Å². The molecule has 0 bridgehead atoms. The third-order valence-electron chi connectivity index (χ3n) is 5.07. The number of carbonyl (C=O) groups excluding carboxylic acids is 2. The maximum absolute atomic E-state index is 13.0. The van der Waals surface area contributed by atoms with Crippen molar-refractivity contribution < 1.29 is 24.0 Å². The molecule has 10 heteroatoms. The molecule has 0 spiro atoms. The van der Waals surface area contributed by atoms with Crippen LogP contribution in [0.25, 0.3) is 0 Å². The first kappa shape index (κ1) is 22.1. The Balaban J connectivity index is 1.50. The van der Waals surface area contributed by atoms with Crippen molar-refractivity contribution in [3.05, 3.63) is 92.5 Å². The molecule has 2 N–H and O–H groups in total. The largest absolute Gasteiger partial charge is 0.454 e. The second kappa shape index (κ2) is 9.17. The fourth-order valence-electron chi connectivity index (χ4n) is 3.32. The van der Waals surface area contributed by atoms with Gasteiger partial charge in [-0.1, -0.05) is 29.8 Å². The Morgan fingerprint density at radius 2 is 1.76 bits per heavy atom. The van der Waals surface area contributed by atoms with Crippen LogP contribution in [-0.4, -0.2) is 23.5 Å². The lowest BCUT2D eigenvalue weighted by molar-refractivity contribution is -0.384. The molecule has 0 fully saturated rings. The van der Waals surface area contributed by atoms with Gasteiger partial charge < -0.3 is 20.1 Å². The number of nitro groups is 1. The van der Waals surface area contributed by atoms with E-state index in [-0.39, 0.29) is 40.4 Å². The summed E-state index contributed by atoms with van der Waals surface area (Å²) >= 11 is 6.05. The van der Waals surface area contributed by atoms with Gasteiger partial charge >= 0.3 is 0 Å². The van der Waals surface area contributed by atoms with Crippen molar-refractivity contribution in [3.63, 3.8) is 0 Å². The van der Waals surface area contributed by atoms with E-state index in [1.165, 1.54) is 12.1 Å². The van der Waals surface area contributed by atoms with Crippen molar-refractivity contribution in [1.29, 1.82) is 0 Å². The minimum atomic E-state index is -0.603. The van der Waals surface area contributed by atoms with Crippen molar-refractivity contribution in [2.24, 2.45) is 0 Å². The quantitative estimate of drug-likeness (QED) is 0.400. The summed E-state index contributed by atoms with van der Waals surface area (Å²) in [4.78, 5) is 36.0. The molecule has 9 nitrogen and oxygen atoms in total. The summed E-state index contributed by atoms with van der Waals surface area (Å²) in [6, 6.07) is 15.1. The normalized spacial score (nSPS) is 12.7. The van der Waals surface area contributed by atoms with E-state index < -0.39 is 16.7 Å². The van der Waals surface area contributed by atoms with E-state index in [0.717, 1.165) is 11.6 Å². The van der Waals surface area contributed by atoms with E-state index in [1.807, 2.05) is 13.0 Å². The van der Waals surface area contributed by atoms with Gasteiger partial charge in [-0.05, 0) is 42.8 Å². The first-order chi connectivity index (χ1) is 15.8. The Bertz CT molecular complexity index is 1260. The number of rotatable bonds is 6. The van der Waals surface area contributed by atoms with Crippen LogP contribution in [-0.2, 0) is 0 Å². The Hall–Kier alpha value is -4.11. The van der Waals surface area contributed by atoms with Gasteiger partial charge in [0.25, 0.3) is 17.5 Å². The van der Waals surface area contributed by atoms with Crippen LogP contribution in [0.2, 0.25) is 5.02 Å². The van der Waals surface area contributed by atoms with Gasteiger partial charge in [-0.15, -0.1) is 0 Å². The van der Waals surface area contributed by atoms with Crippen LogP contribution in [0.1, 0.15) is 39.2 Å². The van der Waals surface area contributed by atoms with Crippen molar-refractivity contribution in [2.75, 3.05) is 12.1 Å². The third-order valence-corrected chi connectivity index (χ3v) is 5.38. The number of nitro benzene ring substituents is 1. The molecule has 3 aromatic rings. The fraction of sp³-hybridized carbons (Fsp3) is 0.130. The van der Waals surface area contributed by atoms with Crippen molar-refractivity contribution in [1.82, 2.24) is 5.32 Å². The van der Waals surface area contributed by atoms with Gasteiger partial charge in [-0.3, -0.25) is 19.7 Å². The lowest BCUT2D eigenvalue weighted by Crippen LogP contribution is -2.28. The van der Waals surface area contributed by atoms with E-state index in [2.05, 4.69) is 10.6 Å². The second-order valence-corrected chi connectivity index (χ2v) is 7.64. The molecule has 4 rings (SSSR count). The molecule has 0 saturated carbocycles. The molecule has 1 unspecified atom stereocenters. The minimum absolute atomic E-state index is 0.0474. The highest BCUT2D eigenvalue weighted by Gasteiger charge is 2.20. The van der Waals surface area contributed by atoms with Crippen molar-refractivity contribution in [2.45, 2.75) is 13.0 Å². The summed E-state index contributed by atoms with van der Waals surface area (Å²) in [5.74, 6) is 0.265. The zero-order valence-corrected chi connectivity index (χ0v) is 18.1. The van der Waals surface area contributed by atoms with Gasteiger partial charge in [0.05, 0.1) is 32.8 Å². The van der Waals surface area contributed by atoms with Gasteiger partial charge in [0.1, 0.15) is 0 Å². The van der Waals surface area contributed by atoms with Crippen LogP contribution < -0.4 is 20.1 Å². The lowest BCUT2D eigenvalue weighted by Gasteiger charge is -2.17. The zero-order valence-electron chi connectivity index (χ0n) is 17.3. The summed E-state index contributed by atoms with van der Waals surface area (Å²) in [5, 5.41) is 16.4. The third kappa shape index (κ3) is 4.73. The number of nitrogens with zero attached hydrogens (tertiary/aromatic N) is 1. The van der Waals surface area contributed by atoms with Crippen LogP contribution >= 0.6 is 11.6 Å². The molecule has 1 heterocycles. The van der Waals surface area contributed by atoms with E-state index in [9.17, 15) is 19.7 Å². The summed E-state index contributed by atoms with van der Waals surface area (Å²) in [5.41, 5.74) is 1.16. The van der Waals surface area contributed by atoms with Crippen LogP contribution in [0.3, 0.4) is 0 Å². The molecule has 1 atom stereocenters. The first-order valence-electron chi connectivity index (χ1n) is 9.88. The van der Waals surface area contributed by atoms with Crippen LogP contribution in [0.4, 0.5) is 11.4 Å². The number of hydrogen-bond donors (Lipinski definition) is 2. The molecular formula is C23H18ClN3O6. The maximum Gasteiger partial charge on any atom is 0.270 e. The zero-order chi connectivity index (χ0) is 23.5. The summed E-state index contributed by atoms with van der Waals surface area (Å²) in [6.45, 7) is 1.98. The molecule has 33 heavy (non-hydrogen) atoms. The number of hydrogen-bond acceptors (Lipinski definition) is 6.